The Morgan fingerprint density at radius 1 is 1.22 bits per heavy atom. The highest BCUT2D eigenvalue weighted by atomic mass is 16.4. The van der Waals surface area contributed by atoms with Crippen LogP contribution in [0.15, 0.2) is 24.3 Å². The number of nitrogens with one attached hydrogen (secondary N) is 2. The molecule has 0 heterocycles. The van der Waals surface area contributed by atoms with E-state index < -0.39 is 5.97 Å². The molecule has 0 aromatic heterocycles. The highest BCUT2D eigenvalue weighted by Crippen LogP contribution is 2.27. The van der Waals surface area contributed by atoms with Crippen molar-refractivity contribution in [2.24, 2.45) is 5.92 Å². The van der Waals surface area contributed by atoms with E-state index in [1.54, 1.807) is 12.1 Å². The lowest BCUT2D eigenvalue weighted by atomic mass is 10.1. The summed E-state index contributed by atoms with van der Waals surface area (Å²) in [6.07, 6.45) is 5.05. The standard InChI is InChI=1S/C18H26N2O3/c1-2-13-5-8-16(11-13)20-12-14-3-6-15(7-4-14)18(23)19-10-9-17(21)22/h3-4,6-7,13,16,20H,2,5,8-12H2,1H3,(H,19,23)(H,21,22). The zero-order valence-electron chi connectivity index (χ0n) is 13.7. The van der Waals surface area contributed by atoms with Crippen molar-refractivity contribution in [2.75, 3.05) is 6.54 Å². The lowest BCUT2D eigenvalue weighted by Gasteiger charge is -2.13. The first-order valence-corrected chi connectivity index (χ1v) is 8.40. The van der Waals surface area contributed by atoms with Crippen LogP contribution in [-0.4, -0.2) is 29.6 Å². The van der Waals surface area contributed by atoms with Crippen LogP contribution in [-0.2, 0) is 11.3 Å². The van der Waals surface area contributed by atoms with Crippen LogP contribution in [0.5, 0.6) is 0 Å². The SMILES string of the molecule is CCC1CCC(NCc2ccc(C(=O)NCCC(=O)O)cc2)C1. The molecule has 23 heavy (non-hydrogen) atoms. The van der Waals surface area contributed by atoms with Gasteiger partial charge in [0.05, 0.1) is 6.42 Å². The Balaban J connectivity index is 1.75. The van der Waals surface area contributed by atoms with E-state index in [1.165, 1.54) is 25.7 Å². The number of hydrogen-bond donors (Lipinski definition) is 3. The molecule has 1 aromatic rings. The molecule has 3 N–H and O–H groups in total. The number of rotatable bonds is 8. The Morgan fingerprint density at radius 3 is 2.57 bits per heavy atom. The van der Waals surface area contributed by atoms with Crippen molar-refractivity contribution in [3.05, 3.63) is 35.4 Å². The second kappa shape index (κ2) is 8.67. The summed E-state index contributed by atoms with van der Waals surface area (Å²) in [7, 11) is 0. The van der Waals surface area contributed by atoms with Crippen molar-refractivity contribution in [3.63, 3.8) is 0 Å². The molecule has 5 nitrogen and oxygen atoms in total. The van der Waals surface area contributed by atoms with Gasteiger partial charge in [0.15, 0.2) is 0 Å². The largest absolute Gasteiger partial charge is 0.481 e. The fourth-order valence-corrected chi connectivity index (χ4v) is 3.05. The number of carboxylic acids is 1. The van der Waals surface area contributed by atoms with Gasteiger partial charge in [0.2, 0.25) is 0 Å². The van der Waals surface area contributed by atoms with E-state index in [4.69, 9.17) is 5.11 Å². The van der Waals surface area contributed by atoms with E-state index >= 15 is 0 Å². The Bertz CT molecular complexity index is 528. The van der Waals surface area contributed by atoms with Gasteiger partial charge in [-0.05, 0) is 42.9 Å². The van der Waals surface area contributed by atoms with E-state index in [0.717, 1.165) is 18.0 Å². The lowest BCUT2D eigenvalue weighted by Crippen LogP contribution is -2.27. The molecule has 1 amide bonds. The summed E-state index contributed by atoms with van der Waals surface area (Å²) >= 11 is 0. The molecule has 0 aliphatic heterocycles. The van der Waals surface area contributed by atoms with Gasteiger partial charge in [0.25, 0.3) is 5.91 Å². The van der Waals surface area contributed by atoms with Crippen LogP contribution in [0, 0.1) is 5.92 Å². The van der Waals surface area contributed by atoms with Crippen LogP contribution < -0.4 is 10.6 Å². The minimum Gasteiger partial charge on any atom is -0.481 e. The molecule has 0 spiro atoms. The third kappa shape index (κ3) is 5.67. The number of carbonyl (C=O) groups excluding carboxylic acids is 1. The van der Waals surface area contributed by atoms with Gasteiger partial charge in [-0.2, -0.15) is 0 Å². The molecule has 2 atom stereocenters. The van der Waals surface area contributed by atoms with Crippen molar-refractivity contribution in [2.45, 2.75) is 51.6 Å². The van der Waals surface area contributed by atoms with Crippen molar-refractivity contribution >= 4 is 11.9 Å². The molecule has 0 bridgehead atoms. The predicted octanol–water partition coefficient (Wildman–Crippen LogP) is 2.56. The molecule has 126 valence electrons. The molecule has 0 saturated heterocycles. The van der Waals surface area contributed by atoms with Crippen LogP contribution in [0.25, 0.3) is 0 Å². The van der Waals surface area contributed by atoms with Gasteiger partial charge in [0.1, 0.15) is 0 Å². The molecule has 1 aliphatic carbocycles. The van der Waals surface area contributed by atoms with E-state index in [2.05, 4.69) is 17.6 Å². The Hall–Kier alpha value is -1.88. The molecule has 1 aliphatic rings. The van der Waals surface area contributed by atoms with Crippen LogP contribution in [0.4, 0.5) is 0 Å². The summed E-state index contributed by atoms with van der Waals surface area (Å²) in [6.45, 7) is 3.23. The highest BCUT2D eigenvalue weighted by Gasteiger charge is 2.22. The van der Waals surface area contributed by atoms with Crippen LogP contribution in [0.1, 0.15) is 54.9 Å². The molecule has 2 rings (SSSR count). The topological polar surface area (TPSA) is 78.4 Å². The lowest BCUT2D eigenvalue weighted by molar-refractivity contribution is -0.136. The quantitative estimate of drug-likeness (QED) is 0.688. The van der Waals surface area contributed by atoms with Crippen molar-refractivity contribution in [3.8, 4) is 0 Å². The number of amides is 1. The minimum absolute atomic E-state index is 0.0616. The summed E-state index contributed by atoms with van der Waals surface area (Å²) in [5.41, 5.74) is 1.72. The summed E-state index contributed by atoms with van der Waals surface area (Å²) in [5.74, 6) is -0.277. The second-order valence-corrected chi connectivity index (χ2v) is 6.26. The number of aliphatic carboxylic acids is 1. The first kappa shape index (κ1) is 17.5. The van der Waals surface area contributed by atoms with Gasteiger partial charge >= 0.3 is 5.97 Å². The van der Waals surface area contributed by atoms with Crippen molar-refractivity contribution in [1.29, 1.82) is 0 Å². The van der Waals surface area contributed by atoms with Gasteiger partial charge in [-0.15, -0.1) is 0 Å². The van der Waals surface area contributed by atoms with Gasteiger partial charge in [-0.3, -0.25) is 9.59 Å². The van der Waals surface area contributed by atoms with Crippen LogP contribution in [0.3, 0.4) is 0 Å². The summed E-state index contributed by atoms with van der Waals surface area (Å²) in [4.78, 5) is 22.3. The average molecular weight is 318 g/mol. The fourth-order valence-electron chi connectivity index (χ4n) is 3.05. The zero-order chi connectivity index (χ0) is 16.7. The molecular formula is C18H26N2O3. The fraction of sp³-hybridized carbons (Fsp3) is 0.556. The van der Waals surface area contributed by atoms with E-state index in [-0.39, 0.29) is 18.9 Å². The molecule has 5 heteroatoms. The van der Waals surface area contributed by atoms with Gasteiger partial charge in [0, 0.05) is 24.7 Å². The van der Waals surface area contributed by atoms with Crippen molar-refractivity contribution < 1.29 is 14.7 Å². The molecule has 2 unspecified atom stereocenters. The Kier molecular flexibility index (Phi) is 6.59. The molecule has 1 fully saturated rings. The summed E-state index contributed by atoms with van der Waals surface area (Å²) in [6, 6.07) is 8.09. The Labute approximate surface area is 137 Å². The summed E-state index contributed by atoms with van der Waals surface area (Å²) < 4.78 is 0. The molecule has 1 saturated carbocycles. The van der Waals surface area contributed by atoms with Crippen molar-refractivity contribution in [1.82, 2.24) is 10.6 Å². The highest BCUT2D eigenvalue weighted by molar-refractivity contribution is 5.94. The average Bonchev–Trinajstić information content (AvgIpc) is 3.01. The normalized spacial score (nSPS) is 20.4. The first-order valence-electron chi connectivity index (χ1n) is 8.40. The number of benzene rings is 1. The molecular weight excluding hydrogens is 292 g/mol. The minimum atomic E-state index is -0.913. The Morgan fingerprint density at radius 2 is 1.96 bits per heavy atom. The maximum absolute atomic E-state index is 11.9. The maximum atomic E-state index is 11.9. The number of hydrogen-bond acceptors (Lipinski definition) is 3. The predicted molar refractivity (Wildman–Crippen MR) is 89.3 cm³/mol. The third-order valence-electron chi connectivity index (χ3n) is 4.55. The maximum Gasteiger partial charge on any atom is 0.305 e. The second-order valence-electron chi connectivity index (χ2n) is 6.26. The van der Waals surface area contributed by atoms with Crippen LogP contribution >= 0.6 is 0 Å². The first-order chi connectivity index (χ1) is 11.1. The third-order valence-corrected chi connectivity index (χ3v) is 4.55. The monoisotopic (exact) mass is 318 g/mol. The summed E-state index contributed by atoms with van der Waals surface area (Å²) in [5, 5.41) is 14.8. The van der Waals surface area contributed by atoms with Gasteiger partial charge in [-0.1, -0.05) is 25.5 Å². The zero-order valence-corrected chi connectivity index (χ0v) is 13.7. The van der Waals surface area contributed by atoms with E-state index in [0.29, 0.717) is 11.6 Å². The number of carboxylic acid groups (broad SMARTS) is 1. The molecule has 0 radical (unpaired) electrons. The van der Waals surface area contributed by atoms with Gasteiger partial charge < -0.3 is 15.7 Å². The van der Waals surface area contributed by atoms with Gasteiger partial charge in [-0.25, -0.2) is 0 Å². The number of carbonyl (C=O) groups is 2. The van der Waals surface area contributed by atoms with E-state index in [1.807, 2.05) is 12.1 Å². The van der Waals surface area contributed by atoms with Crippen LogP contribution in [0.2, 0.25) is 0 Å². The van der Waals surface area contributed by atoms with E-state index in [9.17, 15) is 9.59 Å². The smallest absolute Gasteiger partial charge is 0.305 e. The molecule has 1 aromatic carbocycles.